The Morgan fingerprint density at radius 2 is 2.14 bits per heavy atom. The molecule has 120 valence electrons. The first-order chi connectivity index (χ1) is 10.3. The Morgan fingerprint density at radius 3 is 2.68 bits per heavy atom. The van der Waals surface area contributed by atoms with Crippen LogP contribution in [0.15, 0.2) is 29.2 Å². The standard InChI is InChI=1S/C14H18N2O4S2/c1-2-7-16(13-6-8-21(17,18)11-13)22(19,20)14-5-3-4-12(9-14)10-15/h3-5,9,13H,2,6-8,11H2,1H3. The molecule has 22 heavy (non-hydrogen) atoms. The van der Waals surface area contributed by atoms with E-state index in [0.717, 1.165) is 0 Å². The molecule has 1 aliphatic rings. The van der Waals surface area contributed by atoms with E-state index in [2.05, 4.69) is 0 Å². The average Bonchev–Trinajstić information content (AvgIpc) is 2.84. The third-order valence-electron chi connectivity index (χ3n) is 3.63. The second-order valence-corrected chi connectivity index (χ2v) is 9.43. The van der Waals surface area contributed by atoms with Crippen LogP contribution in [0.25, 0.3) is 0 Å². The van der Waals surface area contributed by atoms with Crippen molar-refractivity contribution in [3.8, 4) is 6.07 Å². The molecule has 1 aromatic carbocycles. The maximum Gasteiger partial charge on any atom is 0.243 e. The summed E-state index contributed by atoms with van der Waals surface area (Å²) < 4.78 is 50.2. The number of rotatable bonds is 5. The number of sulfone groups is 1. The van der Waals surface area contributed by atoms with Gasteiger partial charge in [0.25, 0.3) is 0 Å². The van der Waals surface area contributed by atoms with Crippen LogP contribution in [0.2, 0.25) is 0 Å². The zero-order valence-electron chi connectivity index (χ0n) is 12.3. The lowest BCUT2D eigenvalue weighted by atomic mass is 10.2. The number of nitrogens with zero attached hydrogens (tertiary/aromatic N) is 2. The van der Waals surface area contributed by atoms with Crippen molar-refractivity contribution >= 4 is 19.9 Å². The van der Waals surface area contributed by atoms with E-state index in [0.29, 0.717) is 12.8 Å². The van der Waals surface area contributed by atoms with Crippen LogP contribution in [0.3, 0.4) is 0 Å². The summed E-state index contributed by atoms with van der Waals surface area (Å²) in [6, 6.07) is 7.19. The molecule has 1 aromatic rings. The second kappa shape index (κ2) is 6.36. The van der Waals surface area contributed by atoms with Crippen molar-refractivity contribution in [3.05, 3.63) is 29.8 Å². The summed E-state index contributed by atoms with van der Waals surface area (Å²) in [6.45, 7) is 2.11. The smallest absolute Gasteiger partial charge is 0.229 e. The zero-order chi connectivity index (χ0) is 16.4. The van der Waals surface area contributed by atoms with Gasteiger partial charge in [-0.25, -0.2) is 16.8 Å². The van der Waals surface area contributed by atoms with Gasteiger partial charge in [0.1, 0.15) is 0 Å². The average molecular weight is 342 g/mol. The third kappa shape index (κ3) is 3.48. The van der Waals surface area contributed by atoms with Gasteiger partial charge in [0.05, 0.1) is 28.0 Å². The molecule has 8 heteroatoms. The highest BCUT2D eigenvalue weighted by Crippen LogP contribution is 2.25. The monoisotopic (exact) mass is 342 g/mol. The van der Waals surface area contributed by atoms with Crippen molar-refractivity contribution in [2.45, 2.75) is 30.7 Å². The molecule has 0 amide bonds. The molecule has 0 N–H and O–H groups in total. The maximum absolute atomic E-state index is 12.8. The molecule has 1 saturated heterocycles. The first-order valence-corrected chi connectivity index (χ1v) is 10.3. The topological polar surface area (TPSA) is 95.3 Å². The summed E-state index contributed by atoms with van der Waals surface area (Å²) in [4.78, 5) is 0.0318. The van der Waals surface area contributed by atoms with Crippen molar-refractivity contribution in [2.24, 2.45) is 0 Å². The molecular weight excluding hydrogens is 324 g/mol. The minimum absolute atomic E-state index is 0.0195. The van der Waals surface area contributed by atoms with Gasteiger partial charge in [-0.15, -0.1) is 0 Å². The fourth-order valence-electron chi connectivity index (χ4n) is 2.58. The Balaban J connectivity index is 2.40. The SMILES string of the molecule is CCCN(C1CCS(=O)(=O)C1)S(=O)(=O)c1cccc(C#N)c1. The molecular formula is C14H18N2O4S2. The van der Waals surface area contributed by atoms with Crippen LogP contribution in [0.4, 0.5) is 0 Å². The van der Waals surface area contributed by atoms with E-state index in [1.807, 2.05) is 13.0 Å². The molecule has 2 rings (SSSR count). The zero-order valence-corrected chi connectivity index (χ0v) is 13.9. The molecule has 6 nitrogen and oxygen atoms in total. The summed E-state index contributed by atoms with van der Waals surface area (Å²) in [6.07, 6.45) is 0.910. The Kier molecular flexibility index (Phi) is 4.90. The van der Waals surface area contributed by atoms with Crippen molar-refractivity contribution in [2.75, 3.05) is 18.1 Å². The van der Waals surface area contributed by atoms with Crippen molar-refractivity contribution in [1.29, 1.82) is 5.26 Å². The van der Waals surface area contributed by atoms with Crippen LogP contribution in [-0.4, -0.2) is 45.2 Å². The van der Waals surface area contributed by atoms with E-state index in [-0.39, 0.29) is 28.5 Å². The number of sulfonamides is 1. The second-order valence-electron chi connectivity index (χ2n) is 5.31. The predicted molar refractivity (Wildman–Crippen MR) is 82.4 cm³/mol. The molecule has 1 fully saturated rings. The molecule has 1 heterocycles. The number of benzene rings is 1. The van der Waals surface area contributed by atoms with Gasteiger partial charge >= 0.3 is 0 Å². The Hall–Kier alpha value is -1.43. The Morgan fingerprint density at radius 1 is 1.41 bits per heavy atom. The van der Waals surface area contributed by atoms with E-state index >= 15 is 0 Å². The molecule has 1 atom stereocenters. The van der Waals surface area contributed by atoms with Crippen molar-refractivity contribution in [3.63, 3.8) is 0 Å². The lowest BCUT2D eigenvalue weighted by Gasteiger charge is -2.27. The summed E-state index contributed by atoms with van der Waals surface area (Å²) in [5, 5.41) is 8.91. The molecule has 1 aliphatic heterocycles. The molecule has 0 radical (unpaired) electrons. The first kappa shape index (κ1) is 16.9. The minimum atomic E-state index is -3.81. The van der Waals surface area contributed by atoms with Crippen LogP contribution in [0, 0.1) is 11.3 Å². The number of hydrogen-bond donors (Lipinski definition) is 0. The molecule has 1 unspecified atom stereocenters. The van der Waals surface area contributed by atoms with Gasteiger partial charge in [0, 0.05) is 12.6 Å². The van der Waals surface area contributed by atoms with Gasteiger partial charge in [0.15, 0.2) is 9.84 Å². The summed E-state index contributed by atoms with van der Waals surface area (Å²) in [5.41, 5.74) is 0.261. The third-order valence-corrected chi connectivity index (χ3v) is 7.33. The normalized spacial score (nSPS) is 20.9. The van der Waals surface area contributed by atoms with E-state index in [1.165, 1.54) is 28.6 Å². The highest BCUT2D eigenvalue weighted by Gasteiger charge is 2.38. The molecule has 0 aromatic heterocycles. The molecule has 0 saturated carbocycles. The van der Waals surface area contributed by atoms with Crippen LogP contribution in [-0.2, 0) is 19.9 Å². The molecule has 0 spiro atoms. The lowest BCUT2D eigenvalue weighted by Crippen LogP contribution is -2.41. The fourth-order valence-corrected chi connectivity index (χ4v) is 6.20. The van der Waals surface area contributed by atoms with Gasteiger partial charge in [-0.3, -0.25) is 0 Å². The van der Waals surface area contributed by atoms with Gasteiger partial charge in [-0.2, -0.15) is 9.57 Å². The quantitative estimate of drug-likeness (QED) is 0.800. The minimum Gasteiger partial charge on any atom is -0.229 e. The van der Waals surface area contributed by atoms with Gasteiger partial charge in [0.2, 0.25) is 10.0 Å². The highest BCUT2D eigenvalue weighted by atomic mass is 32.2. The Bertz CT molecular complexity index is 794. The van der Waals surface area contributed by atoms with Crippen LogP contribution in [0.5, 0.6) is 0 Å². The summed E-state index contributed by atoms with van der Waals surface area (Å²) in [5.74, 6) is -0.115. The van der Waals surface area contributed by atoms with Crippen LogP contribution < -0.4 is 0 Å². The maximum atomic E-state index is 12.8. The van der Waals surface area contributed by atoms with Gasteiger partial charge in [-0.05, 0) is 31.0 Å². The number of hydrogen-bond acceptors (Lipinski definition) is 5. The molecule has 0 bridgehead atoms. The molecule has 0 aliphatic carbocycles. The van der Waals surface area contributed by atoms with Gasteiger partial charge < -0.3 is 0 Å². The van der Waals surface area contributed by atoms with E-state index in [4.69, 9.17) is 5.26 Å². The van der Waals surface area contributed by atoms with Crippen molar-refractivity contribution in [1.82, 2.24) is 4.31 Å². The van der Waals surface area contributed by atoms with E-state index in [9.17, 15) is 16.8 Å². The Labute approximate surface area is 131 Å². The lowest BCUT2D eigenvalue weighted by molar-refractivity contribution is 0.340. The largest absolute Gasteiger partial charge is 0.243 e. The van der Waals surface area contributed by atoms with E-state index < -0.39 is 25.9 Å². The predicted octanol–water partition coefficient (Wildman–Crippen LogP) is 1.15. The summed E-state index contributed by atoms with van der Waals surface area (Å²) >= 11 is 0. The van der Waals surface area contributed by atoms with Gasteiger partial charge in [-0.1, -0.05) is 13.0 Å². The summed E-state index contributed by atoms with van der Waals surface area (Å²) in [7, 11) is -6.98. The first-order valence-electron chi connectivity index (χ1n) is 7.02. The fraction of sp³-hybridized carbons (Fsp3) is 0.500. The highest BCUT2D eigenvalue weighted by molar-refractivity contribution is 7.92. The number of nitriles is 1. The van der Waals surface area contributed by atoms with E-state index in [1.54, 1.807) is 0 Å². The van der Waals surface area contributed by atoms with Crippen LogP contribution >= 0.6 is 0 Å². The van der Waals surface area contributed by atoms with Crippen LogP contribution in [0.1, 0.15) is 25.3 Å². The van der Waals surface area contributed by atoms with Crippen molar-refractivity contribution < 1.29 is 16.8 Å².